The van der Waals surface area contributed by atoms with Crippen LogP contribution in [0.25, 0.3) is 0 Å². The molecule has 2 aromatic carbocycles. The van der Waals surface area contributed by atoms with E-state index in [1.807, 2.05) is 0 Å². The molecule has 6 nitrogen and oxygen atoms in total. The molecule has 2 aromatic rings. The summed E-state index contributed by atoms with van der Waals surface area (Å²) < 4.78 is 125. The predicted octanol–water partition coefficient (Wildman–Crippen LogP) is 5.13. The number of ether oxygens (including phenoxy) is 1. The van der Waals surface area contributed by atoms with Crippen molar-refractivity contribution in [3.05, 3.63) is 65.0 Å². The van der Waals surface area contributed by atoms with Gasteiger partial charge < -0.3 is 8.92 Å². The summed E-state index contributed by atoms with van der Waals surface area (Å²) in [5.41, 5.74) is -5.56. The molecule has 0 saturated carbocycles. The van der Waals surface area contributed by atoms with Crippen LogP contribution >= 0.6 is 0 Å². The fourth-order valence-corrected chi connectivity index (χ4v) is 4.58. The van der Waals surface area contributed by atoms with Gasteiger partial charge in [-0.15, -0.1) is 0 Å². The average Bonchev–Trinajstić information content (AvgIpc) is 2.80. The molecule has 0 N–H and O–H groups in total. The Morgan fingerprint density at radius 3 is 2.14 bits per heavy atom. The number of methoxy groups -OCH3 is 1. The van der Waals surface area contributed by atoms with Crippen LogP contribution in [0, 0.1) is 11.7 Å². The first kappa shape index (κ1) is 28.7. The van der Waals surface area contributed by atoms with Gasteiger partial charge in [-0.25, -0.2) is 4.39 Å². The van der Waals surface area contributed by atoms with Gasteiger partial charge in [-0.2, -0.15) is 34.8 Å². The maximum absolute atomic E-state index is 13.6. The lowest BCUT2D eigenvalue weighted by molar-refractivity contribution is -0.185. The van der Waals surface area contributed by atoms with E-state index in [0.717, 1.165) is 25.3 Å². The lowest BCUT2D eigenvalue weighted by Gasteiger charge is -2.39. The third-order valence-corrected chi connectivity index (χ3v) is 6.94. The van der Waals surface area contributed by atoms with E-state index in [9.17, 15) is 43.9 Å². The molecule has 37 heavy (non-hydrogen) atoms. The van der Waals surface area contributed by atoms with Gasteiger partial charge in [0.25, 0.3) is 0 Å². The first-order valence-corrected chi connectivity index (χ1v) is 12.3. The minimum absolute atomic E-state index is 0.0663. The number of hydrogen-bond donors (Lipinski definition) is 0. The van der Waals surface area contributed by atoms with Gasteiger partial charge >= 0.3 is 27.8 Å². The Kier molecular flexibility index (Phi) is 8.42. The number of piperidine rings is 1. The van der Waals surface area contributed by atoms with Crippen molar-refractivity contribution in [1.29, 1.82) is 0 Å². The van der Waals surface area contributed by atoms with E-state index in [4.69, 9.17) is 0 Å². The van der Waals surface area contributed by atoms with Crippen molar-refractivity contribution in [1.82, 2.24) is 4.90 Å². The molecule has 0 aromatic heterocycles. The second kappa shape index (κ2) is 10.9. The second-order valence-corrected chi connectivity index (χ2v) is 9.95. The van der Waals surface area contributed by atoms with Crippen LogP contribution in [0.4, 0.5) is 30.7 Å². The highest BCUT2D eigenvalue weighted by Crippen LogP contribution is 2.42. The fourth-order valence-electron chi connectivity index (χ4n) is 4.11. The van der Waals surface area contributed by atoms with Crippen molar-refractivity contribution in [2.24, 2.45) is 5.92 Å². The number of carbonyl (C=O) groups excluding carboxylic acids is 1. The van der Waals surface area contributed by atoms with Gasteiger partial charge in [-0.1, -0.05) is 24.3 Å². The molecule has 0 radical (unpaired) electrons. The Balaban J connectivity index is 2.11. The average molecular weight is 557 g/mol. The van der Waals surface area contributed by atoms with Crippen LogP contribution in [0.3, 0.4) is 0 Å². The molecule has 0 spiro atoms. The molecular formula is C23H22F7NO5S. The number of rotatable bonds is 7. The largest absolute Gasteiger partial charge is 0.534 e. The van der Waals surface area contributed by atoms with Crippen LogP contribution < -0.4 is 4.18 Å². The zero-order valence-corrected chi connectivity index (χ0v) is 20.1. The number of esters is 1. The van der Waals surface area contributed by atoms with Crippen LogP contribution in [-0.2, 0) is 26.1 Å². The van der Waals surface area contributed by atoms with Crippen LogP contribution in [0.5, 0.6) is 5.75 Å². The summed E-state index contributed by atoms with van der Waals surface area (Å²) in [6.07, 6.45) is -5.46. The Hall–Kier alpha value is -2.87. The quantitative estimate of drug-likeness (QED) is 0.203. The standard InChI is InChI=1S/C23H22F7NO5S/c1-35-20(32)13-14-2-7-18(19(12-14)36-37(33,34)23(28,29)30)21(15-3-5-17(24)6-4-15)31-10-8-16(9-11-31)22(25,26)27/h2-7,12,16,21H,8-11,13H2,1H3. The zero-order valence-electron chi connectivity index (χ0n) is 19.3. The third kappa shape index (κ3) is 6.92. The summed E-state index contributed by atoms with van der Waals surface area (Å²) in [5.74, 6) is -3.75. The number of alkyl halides is 6. The van der Waals surface area contributed by atoms with Crippen molar-refractivity contribution in [3.8, 4) is 5.75 Å². The van der Waals surface area contributed by atoms with Gasteiger partial charge in [0.05, 0.1) is 25.5 Å². The SMILES string of the molecule is COC(=O)Cc1ccc(C(c2ccc(F)cc2)N2CCC(C(F)(F)F)CC2)c(OS(=O)(=O)C(F)(F)F)c1. The summed E-state index contributed by atoms with van der Waals surface area (Å²) in [6.45, 7) is -0.275. The molecule has 1 unspecified atom stereocenters. The van der Waals surface area contributed by atoms with Crippen molar-refractivity contribution in [2.75, 3.05) is 20.2 Å². The molecule has 1 saturated heterocycles. The minimum atomic E-state index is -6.15. The van der Waals surface area contributed by atoms with Crippen LogP contribution in [-0.4, -0.2) is 51.2 Å². The second-order valence-electron chi connectivity index (χ2n) is 8.41. The lowest BCUT2D eigenvalue weighted by Crippen LogP contribution is -2.41. The van der Waals surface area contributed by atoms with Crippen molar-refractivity contribution in [3.63, 3.8) is 0 Å². The van der Waals surface area contributed by atoms with Gasteiger partial charge in [-0.05, 0) is 55.3 Å². The molecule has 1 aliphatic rings. The Labute approximate surface area is 208 Å². The smallest absolute Gasteiger partial charge is 0.469 e. The predicted molar refractivity (Wildman–Crippen MR) is 116 cm³/mol. The van der Waals surface area contributed by atoms with Gasteiger partial charge in [-0.3, -0.25) is 9.69 Å². The number of likely N-dealkylation sites (tertiary alicyclic amines) is 1. The Morgan fingerprint density at radius 2 is 1.62 bits per heavy atom. The maximum Gasteiger partial charge on any atom is 0.534 e. The fraction of sp³-hybridized carbons (Fsp3) is 0.435. The molecular weight excluding hydrogens is 535 g/mol. The molecule has 1 fully saturated rings. The molecule has 0 bridgehead atoms. The Bertz CT molecular complexity index is 1210. The maximum atomic E-state index is 13.6. The number of benzene rings is 2. The first-order valence-electron chi connectivity index (χ1n) is 10.9. The van der Waals surface area contributed by atoms with Gasteiger partial charge in [0.1, 0.15) is 11.6 Å². The highest BCUT2D eigenvalue weighted by atomic mass is 32.2. The molecule has 1 atom stereocenters. The summed E-state index contributed by atoms with van der Waals surface area (Å²) in [5, 5.41) is 0. The van der Waals surface area contributed by atoms with Crippen LogP contribution in [0.15, 0.2) is 42.5 Å². The highest BCUT2D eigenvalue weighted by molar-refractivity contribution is 7.88. The van der Waals surface area contributed by atoms with Crippen molar-refractivity contribution < 1.29 is 52.9 Å². The van der Waals surface area contributed by atoms with Gasteiger partial charge in [0, 0.05) is 5.56 Å². The number of halogens is 7. The van der Waals surface area contributed by atoms with E-state index in [1.165, 1.54) is 29.2 Å². The monoisotopic (exact) mass is 557 g/mol. The minimum Gasteiger partial charge on any atom is -0.469 e. The third-order valence-electron chi connectivity index (χ3n) is 5.98. The number of nitrogens with zero attached hydrogens (tertiary/aromatic N) is 1. The number of carbonyl (C=O) groups is 1. The molecule has 204 valence electrons. The van der Waals surface area contributed by atoms with E-state index in [-0.39, 0.29) is 42.6 Å². The van der Waals surface area contributed by atoms with E-state index < -0.39 is 57.7 Å². The van der Waals surface area contributed by atoms with Crippen LogP contribution in [0.1, 0.15) is 35.6 Å². The van der Waals surface area contributed by atoms with E-state index in [2.05, 4.69) is 8.92 Å². The van der Waals surface area contributed by atoms with Crippen LogP contribution in [0.2, 0.25) is 0 Å². The van der Waals surface area contributed by atoms with Crippen molar-refractivity contribution >= 4 is 16.1 Å². The Morgan fingerprint density at radius 1 is 1.03 bits per heavy atom. The molecule has 1 aliphatic heterocycles. The summed E-state index contributed by atoms with van der Waals surface area (Å²) in [4.78, 5) is 13.2. The summed E-state index contributed by atoms with van der Waals surface area (Å²) >= 11 is 0. The van der Waals surface area contributed by atoms with E-state index >= 15 is 0 Å². The summed E-state index contributed by atoms with van der Waals surface area (Å²) in [6, 6.07) is 7.10. The molecule has 0 aliphatic carbocycles. The molecule has 1 heterocycles. The normalized spacial score (nSPS) is 16.9. The topological polar surface area (TPSA) is 72.9 Å². The molecule has 3 rings (SSSR count). The molecule has 14 heteroatoms. The molecule has 0 amide bonds. The zero-order chi connectivity index (χ0) is 27.6. The van der Waals surface area contributed by atoms with E-state index in [0.29, 0.717) is 0 Å². The van der Waals surface area contributed by atoms with E-state index in [1.54, 1.807) is 0 Å². The summed E-state index contributed by atoms with van der Waals surface area (Å²) in [7, 11) is -5.07. The van der Waals surface area contributed by atoms with Gasteiger partial charge in [0.15, 0.2) is 0 Å². The van der Waals surface area contributed by atoms with Gasteiger partial charge in [0.2, 0.25) is 0 Å². The lowest BCUT2D eigenvalue weighted by atomic mass is 9.90. The number of hydrogen-bond acceptors (Lipinski definition) is 6. The highest BCUT2D eigenvalue weighted by Gasteiger charge is 2.49. The van der Waals surface area contributed by atoms with Crippen molar-refractivity contribution in [2.45, 2.75) is 37.0 Å². The first-order chi connectivity index (χ1) is 17.1.